The number of rotatable bonds is 7. The molecule has 1 heterocycles. The summed E-state index contributed by atoms with van der Waals surface area (Å²) in [5, 5.41) is 0. The lowest BCUT2D eigenvalue weighted by Gasteiger charge is -2.44. The van der Waals surface area contributed by atoms with Gasteiger partial charge in [0.25, 0.3) is 0 Å². The number of nitrogens with zero attached hydrogens (tertiary/aromatic N) is 2. The van der Waals surface area contributed by atoms with Crippen LogP contribution in [0.2, 0.25) is 0 Å². The van der Waals surface area contributed by atoms with Crippen molar-refractivity contribution in [3.8, 4) is 0 Å². The predicted octanol–water partition coefficient (Wildman–Crippen LogP) is 9.61. The van der Waals surface area contributed by atoms with Gasteiger partial charge in [-0.25, -0.2) is 9.59 Å². The van der Waals surface area contributed by atoms with Gasteiger partial charge in [0.1, 0.15) is 0 Å². The van der Waals surface area contributed by atoms with E-state index < -0.39 is 77.7 Å². The van der Waals surface area contributed by atoms with Crippen molar-refractivity contribution in [1.29, 1.82) is 0 Å². The first-order valence-corrected chi connectivity index (χ1v) is 14.1. The average molecular weight is 657 g/mol. The lowest BCUT2D eigenvalue weighted by molar-refractivity contribution is -0.143. The summed E-state index contributed by atoms with van der Waals surface area (Å²) >= 11 is 0. The van der Waals surface area contributed by atoms with E-state index in [1.165, 1.54) is 11.8 Å². The fraction of sp³-hybridized carbons (Fsp3) is 0.533. The number of hydrogen-bond acceptors (Lipinski definition) is 4. The van der Waals surface area contributed by atoms with Crippen molar-refractivity contribution in [3.63, 3.8) is 0 Å². The van der Waals surface area contributed by atoms with E-state index in [1.807, 2.05) is 13.8 Å². The Bertz CT molecular complexity index is 1340. The molecule has 0 saturated heterocycles. The summed E-state index contributed by atoms with van der Waals surface area (Å²) in [6.07, 6.45) is -17.8. The summed E-state index contributed by atoms with van der Waals surface area (Å²) in [6.45, 7) is 7.05. The van der Waals surface area contributed by atoms with Crippen LogP contribution < -0.4 is 4.90 Å². The fourth-order valence-corrected chi connectivity index (χ4v) is 5.27. The van der Waals surface area contributed by atoms with Crippen LogP contribution in [0.3, 0.4) is 0 Å². The van der Waals surface area contributed by atoms with Crippen molar-refractivity contribution in [2.75, 3.05) is 11.5 Å². The van der Waals surface area contributed by atoms with Crippen LogP contribution in [-0.2, 0) is 34.5 Å². The highest BCUT2D eigenvalue weighted by Crippen LogP contribution is 2.46. The number of carbonyl (C=O) groups excluding carboxylic acids is 2. The average Bonchev–Trinajstić information content (AvgIpc) is 2.88. The Hall–Kier alpha value is -3.65. The van der Waals surface area contributed by atoms with Gasteiger partial charge in [-0.1, -0.05) is 13.8 Å². The van der Waals surface area contributed by atoms with E-state index >= 15 is 0 Å². The molecule has 0 spiro atoms. The normalized spacial score (nSPS) is 17.4. The monoisotopic (exact) mass is 656 g/mol. The molecular formula is C30H33F9N2O4. The van der Waals surface area contributed by atoms with Crippen LogP contribution in [0.25, 0.3) is 0 Å². The van der Waals surface area contributed by atoms with Crippen molar-refractivity contribution >= 4 is 17.9 Å². The molecule has 0 bridgehead atoms. The number of halogens is 9. The third-order valence-corrected chi connectivity index (χ3v) is 6.99. The Morgan fingerprint density at radius 2 is 1.42 bits per heavy atom. The molecule has 2 aromatic carbocycles. The van der Waals surface area contributed by atoms with Gasteiger partial charge in [0.15, 0.2) is 0 Å². The number of fused-ring (bicyclic) bond motifs is 1. The Balaban J connectivity index is 2.29. The molecule has 3 rings (SSSR count). The van der Waals surface area contributed by atoms with E-state index in [0.717, 1.165) is 17.0 Å². The largest absolute Gasteiger partial charge is 0.450 e. The summed E-state index contributed by atoms with van der Waals surface area (Å²) in [7, 11) is 0. The molecule has 0 fully saturated rings. The Labute approximate surface area is 254 Å². The molecule has 2 amide bonds. The third kappa shape index (κ3) is 8.75. The number of ether oxygens (including phenoxy) is 2. The number of alkyl halides is 9. The van der Waals surface area contributed by atoms with Gasteiger partial charge in [0.2, 0.25) is 0 Å². The maximum absolute atomic E-state index is 13.9. The molecule has 1 aliphatic rings. The quantitative estimate of drug-likeness (QED) is 0.279. The summed E-state index contributed by atoms with van der Waals surface area (Å²) in [5.74, 6) is -0.0881. The van der Waals surface area contributed by atoms with Crippen LogP contribution >= 0.6 is 0 Å². The molecular weight excluding hydrogens is 623 g/mol. The summed E-state index contributed by atoms with van der Waals surface area (Å²) in [4.78, 5) is 28.6. The molecule has 2 atom stereocenters. The van der Waals surface area contributed by atoms with E-state index in [9.17, 15) is 49.1 Å². The number of carbonyl (C=O) groups is 2. The molecule has 0 radical (unpaired) electrons. The highest BCUT2D eigenvalue weighted by Gasteiger charge is 2.44. The number of amides is 2. The fourth-order valence-electron chi connectivity index (χ4n) is 5.27. The second-order valence-corrected chi connectivity index (χ2v) is 11.3. The van der Waals surface area contributed by atoms with Gasteiger partial charge < -0.3 is 9.47 Å². The zero-order valence-electron chi connectivity index (χ0n) is 25.0. The SMILES string of the molecule is CCOC(=O)N(Cc1cc(C(F)(F)F)cc(C(F)(F)F)c1)[C@H]1C[C@@H](CC(C)C)N(C(=O)OC(C)C)c2ccc(C(F)(F)F)cc21. The number of hydrogen-bond donors (Lipinski definition) is 0. The number of benzene rings is 2. The molecule has 0 saturated carbocycles. The maximum Gasteiger partial charge on any atom is 0.416 e. The van der Waals surface area contributed by atoms with Crippen molar-refractivity contribution < 1.29 is 58.6 Å². The molecule has 0 N–H and O–H groups in total. The first kappa shape index (κ1) is 35.8. The van der Waals surface area contributed by atoms with Crippen molar-refractivity contribution in [2.24, 2.45) is 5.92 Å². The van der Waals surface area contributed by atoms with E-state index in [0.29, 0.717) is 18.2 Å². The molecule has 45 heavy (non-hydrogen) atoms. The third-order valence-electron chi connectivity index (χ3n) is 6.99. The second kappa shape index (κ2) is 13.4. The van der Waals surface area contributed by atoms with Crippen LogP contribution in [0.1, 0.15) is 81.3 Å². The second-order valence-electron chi connectivity index (χ2n) is 11.3. The summed E-state index contributed by atoms with van der Waals surface area (Å²) in [6, 6.07) is 1.16. The maximum atomic E-state index is 13.9. The van der Waals surface area contributed by atoms with Gasteiger partial charge in [-0.2, -0.15) is 39.5 Å². The Morgan fingerprint density at radius 1 is 0.867 bits per heavy atom. The first-order chi connectivity index (χ1) is 20.6. The highest BCUT2D eigenvalue weighted by molar-refractivity contribution is 5.90. The predicted molar refractivity (Wildman–Crippen MR) is 145 cm³/mol. The number of anilines is 1. The lowest BCUT2D eigenvalue weighted by Crippen LogP contribution is -2.50. The van der Waals surface area contributed by atoms with Crippen LogP contribution in [0.4, 0.5) is 54.8 Å². The van der Waals surface area contributed by atoms with E-state index in [4.69, 9.17) is 9.47 Å². The topological polar surface area (TPSA) is 59.1 Å². The molecule has 1 aliphatic heterocycles. The van der Waals surface area contributed by atoms with Crippen LogP contribution in [0.15, 0.2) is 36.4 Å². The van der Waals surface area contributed by atoms with E-state index in [2.05, 4.69) is 0 Å². The van der Waals surface area contributed by atoms with Crippen LogP contribution in [0, 0.1) is 5.92 Å². The molecule has 0 aliphatic carbocycles. The molecule has 0 unspecified atom stereocenters. The smallest absolute Gasteiger partial charge is 0.416 e. The van der Waals surface area contributed by atoms with Crippen LogP contribution in [-0.4, -0.2) is 35.8 Å². The van der Waals surface area contributed by atoms with Crippen molar-refractivity contribution in [1.82, 2.24) is 4.90 Å². The van der Waals surface area contributed by atoms with E-state index in [-0.39, 0.29) is 42.7 Å². The molecule has 2 aromatic rings. The van der Waals surface area contributed by atoms with Gasteiger partial charge in [-0.3, -0.25) is 9.80 Å². The minimum absolute atomic E-state index is 0.0510. The Morgan fingerprint density at radius 3 is 1.89 bits per heavy atom. The molecule has 0 aromatic heterocycles. The minimum Gasteiger partial charge on any atom is -0.450 e. The summed E-state index contributed by atoms with van der Waals surface area (Å²) in [5.41, 5.74) is -5.24. The lowest BCUT2D eigenvalue weighted by atomic mass is 9.85. The minimum atomic E-state index is -5.18. The van der Waals surface area contributed by atoms with Gasteiger partial charge in [0, 0.05) is 12.6 Å². The summed E-state index contributed by atoms with van der Waals surface area (Å²) < 4.78 is 134. The molecule has 15 heteroatoms. The van der Waals surface area contributed by atoms with Crippen LogP contribution in [0.5, 0.6) is 0 Å². The Kier molecular flexibility index (Phi) is 10.6. The van der Waals surface area contributed by atoms with E-state index in [1.54, 1.807) is 13.8 Å². The zero-order chi connectivity index (χ0) is 34.1. The van der Waals surface area contributed by atoms with Gasteiger partial charge in [-0.15, -0.1) is 0 Å². The van der Waals surface area contributed by atoms with Crippen molar-refractivity contribution in [3.05, 3.63) is 64.2 Å². The highest BCUT2D eigenvalue weighted by atomic mass is 19.4. The standard InChI is InChI=1S/C30H33F9N2O4/c1-6-44-26(42)40(15-18-10-20(29(34,35)36)12-21(11-18)30(37,38)39)25-14-22(9-16(2)3)41(27(43)45-17(4)5)24-8-7-19(13-23(24)25)28(31,32)33/h7-8,10-13,16-17,22,25H,6,9,14-15H2,1-5H3/t22-,25+/m1/s1. The zero-order valence-corrected chi connectivity index (χ0v) is 25.0. The van der Waals surface area contributed by atoms with Gasteiger partial charge in [0.05, 0.1) is 41.1 Å². The molecule has 250 valence electrons. The van der Waals surface area contributed by atoms with Gasteiger partial charge >= 0.3 is 30.7 Å². The van der Waals surface area contributed by atoms with Gasteiger partial charge in [-0.05, 0) is 87.1 Å². The first-order valence-electron chi connectivity index (χ1n) is 14.1. The molecule has 6 nitrogen and oxygen atoms in total. The van der Waals surface area contributed by atoms with Crippen molar-refractivity contribution in [2.45, 2.75) is 90.7 Å².